The number of rotatable bonds is 2. The molecule has 2 aromatic rings. The van der Waals surface area contributed by atoms with Crippen molar-refractivity contribution in [3.8, 4) is 5.75 Å². The molecule has 0 heterocycles. The predicted octanol–water partition coefficient (Wildman–Crippen LogP) is 3.17. The highest BCUT2D eigenvalue weighted by atomic mass is 32.2. The summed E-state index contributed by atoms with van der Waals surface area (Å²) in [6, 6.07) is 11.9. The molecule has 0 radical (unpaired) electrons. The van der Waals surface area contributed by atoms with Gasteiger partial charge in [-0.1, -0.05) is 18.2 Å². The lowest BCUT2D eigenvalue weighted by atomic mass is 10.1. The van der Waals surface area contributed by atoms with E-state index >= 15 is 0 Å². The fraction of sp³-hybridized carbons (Fsp3) is 0.231. The maximum Gasteiger partial charge on any atom is 0.162 e. The van der Waals surface area contributed by atoms with E-state index in [0.29, 0.717) is 5.75 Å². The lowest BCUT2D eigenvalue weighted by Gasteiger charge is -2.06. The van der Waals surface area contributed by atoms with Crippen molar-refractivity contribution in [3.05, 3.63) is 36.4 Å². The average Bonchev–Trinajstić information content (AvgIpc) is 2.29. The SMILES string of the molecule is CC[S+](C)c1ccc(O)c2ccccc12. The molecule has 0 aliphatic carbocycles. The van der Waals surface area contributed by atoms with E-state index in [1.807, 2.05) is 24.3 Å². The zero-order chi connectivity index (χ0) is 10.8. The fourth-order valence-corrected chi connectivity index (χ4v) is 2.88. The van der Waals surface area contributed by atoms with Gasteiger partial charge in [-0.25, -0.2) is 0 Å². The van der Waals surface area contributed by atoms with Gasteiger partial charge in [-0.2, -0.15) is 0 Å². The van der Waals surface area contributed by atoms with E-state index in [-0.39, 0.29) is 10.9 Å². The first-order valence-electron chi connectivity index (χ1n) is 5.07. The summed E-state index contributed by atoms with van der Waals surface area (Å²) in [5.74, 6) is 1.52. The standard InChI is InChI=1S/C13H14OS/c1-3-15(2)13-9-8-12(14)10-6-4-5-7-11(10)13/h4-9H,3H2,1-2H3/p+1. The Labute approximate surface area is 93.1 Å². The van der Waals surface area contributed by atoms with Gasteiger partial charge < -0.3 is 5.11 Å². The fourth-order valence-electron chi connectivity index (χ4n) is 1.71. The minimum atomic E-state index is 0.266. The Balaban J connectivity index is 2.71. The highest BCUT2D eigenvalue weighted by molar-refractivity contribution is 7.96. The topological polar surface area (TPSA) is 20.2 Å². The highest BCUT2D eigenvalue weighted by Gasteiger charge is 2.17. The summed E-state index contributed by atoms with van der Waals surface area (Å²) in [4.78, 5) is 1.35. The summed E-state index contributed by atoms with van der Waals surface area (Å²) in [7, 11) is 0.266. The number of phenols is 1. The molecule has 1 nitrogen and oxygen atoms in total. The van der Waals surface area contributed by atoms with Gasteiger partial charge in [0.1, 0.15) is 17.8 Å². The summed E-state index contributed by atoms with van der Waals surface area (Å²) in [5.41, 5.74) is 0. The van der Waals surface area contributed by atoms with Gasteiger partial charge in [0, 0.05) is 21.7 Å². The number of hydrogen-bond acceptors (Lipinski definition) is 1. The van der Waals surface area contributed by atoms with Crippen molar-refractivity contribution in [2.45, 2.75) is 11.8 Å². The van der Waals surface area contributed by atoms with Crippen molar-refractivity contribution in [3.63, 3.8) is 0 Å². The van der Waals surface area contributed by atoms with Gasteiger partial charge in [-0.15, -0.1) is 0 Å². The zero-order valence-electron chi connectivity index (χ0n) is 9.03. The van der Waals surface area contributed by atoms with Gasteiger partial charge in [-0.3, -0.25) is 0 Å². The molecule has 2 aromatic carbocycles. The number of phenolic OH excluding ortho intramolecular Hbond substituents is 1. The number of fused-ring (bicyclic) bond motifs is 1. The Morgan fingerprint density at radius 3 is 2.40 bits per heavy atom. The van der Waals surface area contributed by atoms with E-state index < -0.39 is 0 Å². The molecular weight excluding hydrogens is 204 g/mol. The minimum Gasteiger partial charge on any atom is -0.507 e. The van der Waals surface area contributed by atoms with Gasteiger partial charge in [0.25, 0.3) is 0 Å². The van der Waals surface area contributed by atoms with Crippen LogP contribution < -0.4 is 0 Å². The summed E-state index contributed by atoms with van der Waals surface area (Å²) >= 11 is 0. The molecule has 1 atom stereocenters. The minimum absolute atomic E-state index is 0.266. The highest BCUT2D eigenvalue weighted by Crippen LogP contribution is 2.30. The second-order valence-electron chi connectivity index (χ2n) is 3.55. The van der Waals surface area contributed by atoms with Gasteiger partial charge >= 0.3 is 0 Å². The molecule has 78 valence electrons. The maximum absolute atomic E-state index is 9.75. The molecule has 0 spiro atoms. The predicted molar refractivity (Wildman–Crippen MR) is 67.7 cm³/mol. The second-order valence-corrected chi connectivity index (χ2v) is 5.85. The van der Waals surface area contributed by atoms with Crippen molar-refractivity contribution in [2.24, 2.45) is 0 Å². The molecule has 0 amide bonds. The first kappa shape index (κ1) is 10.4. The quantitative estimate of drug-likeness (QED) is 0.769. The Hall–Kier alpha value is -1.15. The smallest absolute Gasteiger partial charge is 0.162 e. The van der Waals surface area contributed by atoms with Crippen LogP contribution in [0.2, 0.25) is 0 Å². The second kappa shape index (κ2) is 4.15. The molecule has 2 heteroatoms. The van der Waals surface area contributed by atoms with Crippen LogP contribution in [0.1, 0.15) is 6.92 Å². The van der Waals surface area contributed by atoms with Crippen LogP contribution in [-0.4, -0.2) is 17.1 Å². The molecule has 1 N–H and O–H groups in total. The van der Waals surface area contributed by atoms with E-state index in [9.17, 15) is 5.11 Å². The summed E-state index contributed by atoms with van der Waals surface area (Å²) in [5, 5.41) is 11.9. The van der Waals surface area contributed by atoms with Gasteiger partial charge in [0.05, 0.1) is 0 Å². The molecule has 15 heavy (non-hydrogen) atoms. The first-order valence-corrected chi connectivity index (χ1v) is 6.87. The Morgan fingerprint density at radius 1 is 1.07 bits per heavy atom. The third-order valence-corrected chi connectivity index (χ3v) is 4.64. The Morgan fingerprint density at radius 2 is 1.73 bits per heavy atom. The molecular formula is C13H15OS+. The lowest BCUT2D eigenvalue weighted by Crippen LogP contribution is -2.02. The van der Waals surface area contributed by atoms with Crippen LogP contribution in [0.25, 0.3) is 10.8 Å². The third-order valence-electron chi connectivity index (χ3n) is 2.67. The molecule has 2 rings (SSSR count). The van der Waals surface area contributed by atoms with E-state index in [1.165, 1.54) is 10.3 Å². The van der Waals surface area contributed by atoms with E-state index in [2.05, 4.69) is 19.2 Å². The Kier molecular flexibility index (Phi) is 2.87. The van der Waals surface area contributed by atoms with Crippen molar-refractivity contribution in [2.75, 3.05) is 12.0 Å². The molecule has 0 bridgehead atoms. The normalized spacial score (nSPS) is 12.9. The van der Waals surface area contributed by atoms with Crippen LogP contribution in [0.15, 0.2) is 41.3 Å². The van der Waals surface area contributed by atoms with Crippen molar-refractivity contribution in [1.82, 2.24) is 0 Å². The van der Waals surface area contributed by atoms with E-state index in [1.54, 1.807) is 6.07 Å². The third kappa shape index (κ3) is 1.82. The van der Waals surface area contributed by atoms with Gasteiger partial charge in [0.2, 0.25) is 0 Å². The molecule has 0 fully saturated rings. The van der Waals surface area contributed by atoms with Crippen molar-refractivity contribution >= 4 is 21.7 Å². The molecule has 0 aromatic heterocycles. The summed E-state index contributed by atoms with van der Waals surface area (Å²) < 4.78 is 0. The first-order chi connectivity index (χ1) is 7.24. The van der Waals surface area contributed by atoms with Crippen molar-refractivity contribution < 1.29 is 5.11 Å². The number of aromatic hydroxyl groups is 1. The largest absolute Gasteiger partial charge is 0.507 e. The molecule has 0 aliphatic heterocycles. The van der Waals surface area contributed by atoms with E-state index in [4.69, 9.17) is 0 Å². The van der Waals surface area contributed by atoms with Crippen LogP contribution in [-0.2, 0) is 10.9 Å². The van der Waals surface area contributed by atoms with E-state index in [0.717, 1.165) is 11.1 Å². The molecule has 0 aliphatic rings. The van der Waals surface area contributed by atoms with Gasteiger partial charge in [0.15, 0.2) is 4.90 Å². The Bertz CT molecular complexity index is 479. The zero-order valence-corrected chi connectivity index (χ0v) is 9.84. The van der Waals surface area contributed by atoms with Crippen LogP contribution >= 0.6 is 0 Å². The van der Waals surface area contributed by atoms with Crippen molar-refractivity contribution in [1.29, 1.82) is 0 Å². The van der Waals surface area contributed by atoms with Crippen LogP contribution in [0.5, 0.6) is 5.75 Å². The summed E-state index contributed by atoms with van der Waals surface area (Å²) in [6.07, 6.45) is 2.25. The molecule has 0 saturated heterocycles. The number of hydrogen-bond donors (Lipinski definition) is 1. The van der Waals surface area contributed by atoms with Crippen LogP contribution in [0.3, 0.4) is 0 Å². The lowest BCUT2D eigenvalue weighted by molar-refractivity contribution is 0.481. The number of benzene rings is 2. The van der Waals surface area contributed by atoms with Gasteiger partial charge in [-0.05, 0) is 25.1 Å². The van der Waals surface area contributed by atoms with Crippen LogP contribution in [0, 0.1) is 0 Å². The molecule has 0 saturated carbocycles. The summed E-state index contributed by atoms with van der Waals surface area (Å²) in [6.45, 7) is 2.20. The monoisotopic (exact) mass is 219 g/mol. The van der Waals surface area contributed by atoms with Crippen LogP contribution in [0.4, 0.5) is 0 Å². The molecule has 1 unspecified atom stereocenters. The maximum atomic E-state index is 9.75. The average molecular weight is 219 g/mol.